The first-order chi connectivity index (χ1) is 8.25. The molecule has 0 fully saturated rings. The standard InChI is InChI=1S/C12H8N2O2S/c15-12(16)11-5-8(7-17-11)9-6-13-14-4-2-1-3-10(9)14/h1-7H,(H,15,16). The smallest absolute Gasteiger partial charge is 0.345 e. The summed E-state index contributed by atoms with van der Waals surface area (Å²) in [5.74, 6) is -0.891. The fraction of sp³-hybridized carbons (Fsp3) is 0. The third-order valence-electron chi connectivity index (χ3n) is 2.55. The molecule has 17 heavy (non-hydrogen) atoms. The Morgan fingerprint density at radius 3 is 3.06 bits per heavy atom. The molecule has 0 aliphatic heterocycles. The largest absolute Gasteiger partial charge is 0.477 e. The summed E-state index contributed by atoms with van der Waals surface area (Å²) in [6.45, 7) is 0. The van der Waals surface area contributed by atoms with Crippen LogP contribution in [0.4, 0.5) is 0 Å². The van der Waals surface area contributed by atoms with Gasteiger partial charge in [-0.1, -0.05) is 6.07 Å². The van der Waals surface area contributed by atoms with Crippen molar-refractivity contribution < 1.29 is 9.90 Å². The molecule has 0 aliphatic carbocycles. The summed E-state index contributed by atoms with van der Waals surface area (Å²) >= 11 is 1.23. The molecule has 0 aliphatic rings. The van der Waals surface area contributed by atoms with Crippen LogP contribution in [0.15, 0.2) is 42.0 Å². The van der Waals surface area contributed by atoms with E-state index in [2.05, 4.69) is 5.10 Å². The van der Waals surface area contributed by atoms with Crippen LogP contribution in [0.3, 0.4) is 0 Å². The van der Waals surface area contributed by atoms with Crippen molar-refractivity contribution in [1.82, 2.24) is 9.61 Å². The monoisotopic (exact) mass is 244 g/mol. The van der Waals surface area contributed by atoms with Crippen LogP contribution in [-0.4, -0.2) is 20.7 Å². The third kappa shape index (κ3) is 1.60. The van der Waals surface area contributed by atoms with Crippen molar-refractivity contribution in [1.29, 1.82) is 0 Å². The number of rotatable bonds is 2. The van der Waals surface area contributed by atoms with Gasteiger partial charge >= 0.3 is 5.97 Å². The lowest BCUT2D eigenvalue weighted by Crippen LogP contribution is -1.89. The van der Waals surface area contributed by atoms with Crippen molar-refractivity contribution in [3.05, 3.63) is 46.9 Å². The minimum Gasteiger partial charge on any atom is -0.477 e. The highest BCUT2D eigenvalue weighted by molar-refractivity contribution is 7.12. The lowest BCUT2D eigenvalue weighted by atomic mass is 10.1. The number of aromatic nitrogens is 2. The number of carboxylic acids is 1. The van der Waals surface area contributed by atoms with Crippen LogP contribution >= 0.6 is 11.3 Å². The molecule has 0 atom stereocenters. The molecule has 0 amide bonds. The Kier molecular flexibility index (Phi) is 2.19. The Morgan fingerprint density at radius 1 is 1.41 bits per heavy atom. The maximum absolute atomic E-state index is 10.8. The van der Waals surface area contributed by atoms with Crippen LogP contribution in [-0.2, 0) is 0 Å². The normalized spacial score (nSPS) is 10.8. The molecule has 0 radical (unpaired) electrons. The molecule has 5 heteroatoms. The van der Waals surface area contributed by atoms with Crippen LogP contribution in [0.1, 0.15) is 9.67 Å². The van der Waals surface area contributed by atoms with Gasteiger partial charge in [0.25, 0.3) is 0 Å². The molecule has 0 saturated heterocycles. The summed E-state index contributed by atoms with van der Waals surface area (Å²) in [5.41, 5.74) is 2.82. The molecule has 3 heterocycles. The van der Waals surface area contributed by atoms with E-state index in [0.717, 1.165) is 16.6 Å². The third-order valence-corrected chi connectivity index (χ3v) is 3.47. The SMILES string of the molecule is O=C(O)c1cc(-c2cnn3ccccc23)cs1. The number of thiophene rings is 1. The van der Waals surface area contributed by atoms with Crippen molar-refractivity contribution in [2.45, 2.75) is 0 Å². The number of pyridine rings is 1. The summed E-state index contributed by atoms with van der Waals surface area (Å²) in [7, 11) is 0. The van der Waals surface area contributed by atoms with E-state index in [4.69, 9.17) is 5.11 Å². The number of hydrogen-bond donors (Lipinski definition) is 1. The van der Waals surface area contributed by atoms with Crippen molar-refractivity contribution in [3.63, 3.8) is 0 Å². The molecule has 3 aromatic heterocycles. The van der Waals surface area contributed by atoms with Gasteiger partial charge in [-0.2, -0.15) is 5.10 Å². The van der Waals surface area contributed by atoms with Crippen LogP contribution < -0.4 is 0 Å². The lowest BCUT2D eigenvalue weighted by Gasteiger charge is -1.94. The minimum absolute atomic E-state index is 0.343. The van der Waals surface area contributed by atoms with E-state index in [1.165, 1.54) is 11.3 Å². The van der Waals surface area contributed by atoms with Gasteiger partial charge in [-0.15, -0.1) is 11.3 Å². The Hall–Kier alpha value is -2.14. The molecule has 0 bridgehead atoms. The van der Waals surface area contributed by atoms with Gasteiger partial charge in [-0.05, 0) is 29.1 Å². The summed E-state index contributed by atoms with van der Waals surface area (Å²) in [4.78, 5) is 11.2. The van der Waals surface area contributed by atoms with Gasteiger partial charge in [0, 0.05) is 11.8 Å². The average molecular weight is 244 g/mol. The molecule has 0 saturated carbocycles. The van der Waals surface area contributed by atoms with E-state index in [1.54, 1.807) is 16.8 Å². The van der Waals surface area contributed by atoms with Crippen LogP contribution in [0.5, 0.6) is 0 Å². The molecule has 3 aromatic rings. The predicted molar refractivity (Wildman–Crippen MR) is 65.5 cm³/mol. The van der Waals surface area contributed by atoms with Crippen LogP contribution in [0.2, 0.25) is 0 Å². The van der Waals surface area contributed by atoms with Gasteiger partial charge in [0.15, 0.2) is 0 Å². The molecule has 3 rings (SSSR count). The molecular formula is C12H8N2O2S. The molecule has 0 aromatic carbocycles. The molecule has 1 N–H and O–H groups in total. The predicted octanol–water partition coefficient (Wildman–Crippen LogP) is 2.76. The highest BCUT2D eigenvalue weighted by Crippen LogP contribution is 2.28. The highest BCUT2D eigenvalue weighted by atomic mass is 32.1. The van der Waals surface area contributed by atoms with Crippen molar-refractivity contribution in [3.8, 4) is 11.1 Å². The summed E-state index contributed by atoms with van der Waals surface area (Å²) in [5, 5.41) is 15.0. The van der Waals surface area contributed by atoms with E-state index >= 15 is 0 Å². The number of carbonyl (C=O) groups is 1. The number of aromatic carboxylic acids is 1. The second kappa shape index (κ2) is 3.71. The topological polar surface area (TPSA) is 54.6 Å². The summed E-state index contributed by atoms with van der Waals surface area (Å²) < 4.78 is 1.77. The van der Waals surface area contributed by atoms with Crippen molar-refractivity contribution >= 4 is 22.8 Å². The minimum atomic E-state index is -0.891. The fourth-order valence-corrected chi connectivity index (χ4v) is 2.49. The number of fused-ring (bicyclic) bond motifs is 1. The van der Waals surface area contributed by atoms with E-state index in [1.807, 2.05) is 29.8 Å². The van der Waals surface area contributed by atoms with Gasteiger partial charge < -0.3 is 5.11 Å². The Morgan fingerprint density at radius 2 is 2.29 bits per heavy atom. The molecule has 0 spiro atoms. The highest BCUT2D eigenvalue weighted by Gasteiger charge is 2.11. The van der Waals surface area contributed by atoms with Gasteiger partial charge in [0.1, 0.15) is 4.88 Å². The van der Waals surface area contributed by atoms with Crippen molar-refractivity contribution in [2.75, 3.05) is 0 Å². The maximum atomic E-state index is 10.8. The van der Waals surface area contributed by atoms with Gasteiger partial charge in [0.2, 0.25) is 0 Å². The van der Waals surface area contributed by atoms with Gasteiger partial charge in [-0.25, -0.2) is 9.31 Å². The van der Waals surface area contributed by atoms with E-state index < -0.39 is 5.97 Å². The number of hydrogen-bond acceptors (Lipinski definition) is 3. The van der Waals surface area contributed by atoms with Crippen LogP contribution in [0, 0.1) is 0 Å². The number of nitrogens with zero attached hydrogens (tertiary/aromatic N) is 2. The second-order valence-corrected chi connectivity index (χ2v) is 4.50. The Balaban J connectivity index is 2.17. The quantitative estimate of drug-likeness (QED) is 0.754. The molecule has 0 unspecified atom stereocenters. The van der Waals surface area contributed by atoms with Gasteiger partial charge in [0.05, 0.1) is 11.7 Å². The molecule has 84 valence electrons. The van der Waals surface area contributed by atoms with Crippen molar-refractivity contribution in [2.24, 2.45) is 0 Å². The Labute approximate surface area is 101 Å². The first kappa shape index (κ1) is 10.0. The Bertz CT molecular complexity index is 699. The average Bonchev–Trinajstić information content (AvgIpc) is 2.95. The van der Waals surface area contributed by atoms with E-state index in [9.17, 15) is 4.79 Å². The van der Waals surface area contributed by atoms with E-state index in [-0.39, 0.29) is 0 Å². The summed E-state index contributed by atoms with van der Waals surface area (Å²) in [6.07, 6.45) is 3.62. The molecular weight excluding hydrogens is 236 g/mol. The zero-order valence-electron chi connectivity index (χ0n) is 8.70. The van der Waals surface area contributed by atoms with Crippen LogP contribution in [0.25, 0.3) is 16.6 Å². The van der Waals surface area contributed by atoms with E-state index in [0.29, 0.717) is 4.88 Å². The lowest BCUT2D eigenvalue weighted by molar-refractivity contribution is 0.0702. The molecule has 4 nitrogen and oxygen atoms in total. The first-order valence-corrected chi connectivity index (χ1v) is 5.88. The maximum Gasteiger partial charge on any atom is 0.345 e. The zero-order chi connectivity index (χ0) is 11.8. The second-order valence-electron chi connectivity index (χ2n) is 3.59. The fourth-order valence-electron chi connectivity index (χ4n) is 1.75. The summed E-state index contributed by atoms with van der Waals surface area (Å²) in [6, 6.07) is 7.47. The zero-order valence-corrected chi connectivity index (χ0v) is 9.52. The first-order valence-electron chi connectivity index (χ1n) is 5.00. The number of carboxylic acid groups (broad SMARTS) is 1. The van der Waals surface area contributed by atoms with Gasteiger partial charge in [-0.3, -0.25) is 0 Å².